The summed E-state index contributed by atoms with van der Waals surface area (Å²) in [7, 11) is -0.334. The molecule has 25 rings (SSSR count). The van der Waals surface area contributed by atoms with Gasteiger partial charge >= 0.3 is 7.12 Å². The summed E-state index contributed by atoms with van der Waals surface area (Å²) < 4.78 is 39.6. The standard InChI is InChI=1S/C61H36N2O2S.C25H14Br2N2S.C24H23BO3/c1-2-10-44(11-3-1)63-53-15-7-4-12-47(53)50-36-43(26-31-54(50)63)61-62-59-45(39-22-18-37(19-23-39)41-27-32-57-51(34-41)48-13-5-8-16-55(48)64-57)29-30-46(60(59)66-61)40-24-20-38(21-25-40)42-28-33-58-52(35-42)49-14-6-9-17-56(49)65-58;26-19-11-12-20(27)24-23(19)28-25(30-24)15-10-13-22-18(14-15)17-8-4-5-9-21(17)29(22)16-6-2-1-3-7-16;1-23(2)24(3,4)28-25(27-23)18-12-9-16(10-13-18)17-11-14-22-20(15-17)19-7-5-6-8-21(19)26-22/h1-36H;1-14H;5-15H,1-4H3. The zero-order valence-corrected chi connectivity index (χ0v) is 72.5. The van der Waals surface area contributed by atoms with Crippen LogP contribution in [-0.2, 0) is 9.31 Å². The highest BCUT2D eigenvalue weighted by molar-refractivity contribution is 9.11. The number of fused-ring (bicyclic) bond motifs is 17. The molecule has 0 saturated carbocycles. The van der Waals surface area contributed by atoms with Crippen LogP contribution in [0.2, 0.25) is 0 Å². The third kappa shape index (κ3) is 13.1. The number of hydrogen-bond donors (Lipinski definition) is 0. The van der Waals surface area contributed by atoms with Gasteiger partial charge in [-0.25, -0.2) is 9.97 Å². The Hall–Kier alpha value is -13.5. The smallest absolute Gasteiger partial charge is 0.456 e. The maximum absolute atomic E-state index is 6.16. The summed E-state index contributed by atoms with van der Waals surface area (Å²) in [6.07, 6.45) is 0. The number of aromatic nitrogens is 4. The first-order valence-electron chi connectivity index (χ1n) is 41.5. The Morgan fingerprint density at radius 3 is 1.05 bits per heavy atom. The lowest BCUT2D eigenvalue weighted by Gasteiger charge is -2.32. The van der Waals surface area contributed by atoms with Gasteiger partial charge in [0.25, 0.3) is 0 Å². The Morgan fingerprint density at radius 2 is 0.597 bits per heavy atom. The third-order valence-corrected chi connectivity index (χ3v) is 28.7. The van der Waals surface area contributed by atoms with Crippen molar-refractivity contribution in [1.82, 2.24) is 19.1 Å². The lowest BCUT2D eigenvalue weighted by molar-refractivity contribution is 0.00578. The summed E-state index contributed by atoms with van der Waals surface area (Å²) in [5.74, 6) is 0. The van der Waals surface area contributed by atoms with E-state index < -0.39 is 0 Å². The molecule has 8 heterocycles. The molecule has 0 spiro atoms. The van der Waals surface area contributed by atoms with E-state index in [1.807, 2.05) is 54.6 Å². The van der Waals surface area contributed by atoms with Crippen LogP contribution in [0.1, 0.15) is 27.7 Å². The van der Waals surface area contributed by atoms with E-state index in [-0.39, 0.29) is 18.3 Å². The Kier molecular flexibility index (Phi) is 18.4. The largest absolute Gasteiger partial charge is 0.494 e. The number of nitrogens with zero attached hydrogens (tertiary/aromatic N) is 4. The normalized spacial score (nSPS) is 13.3. The van der Waals surface area contributed by atoms with Crippen LogP contribution >= 0.6 is 54.5 Å². The lowest BCUT2D eigenvalue weighted by atomic mass is 9.78. The van der Waals surface area contributed by atoms with E-state index >= 15 is 0 Å². The number of thiazole rings is 2. The Labute approximate surface area is 738 Å². The molecule has 17 aromatic carbocycles. The fourth-order valence-corrected chi connectivity index (χ4v) is 21.0. The molecule has 592 valence electrons. The summed E-state index contributed by atoms with van der Waals surface area (Å²) >= 11 is 10.8. The maximum atomic E-state index is 6.16. The first-order valence-corrected chi connectivity index (χ1v) is 44.7. The molecular weight excluding hydrogens is 1690 g/mol. The molecule has 7 aromatic heterocycles. The van der Waals surface area contributed by atoms with Crippen LogP contribution in [0.5, 0.6) is 0 Å². The topological polar surface area (TPSA) is 93.5 Å². The number of para-hydroxylation sites is 7. The number of rotatable bonds is 10. The van der Waals surface area contributed by atoms with Gasteiger partial charge in [0.05, 0.1) is 53.7 Å². The van der Waals surface area contributed by atoms with Gasteiger partial charge in [-0.15, -0.1) is 22.7 Å². The van der Waals surface area contributed by atoms with Gasteiger partial charge in [-0.1, -0.05) is 231 Å². The van der Waals surface area contributed by atoms with Crippen molar-refractivity contribution in [1.29, 1.82) is 0 Å². The van der Waals surface area contributed by atoms with E-state index in [4.69, 9.17) is 32.5 Å². The fraction of sp³-hybridized carbons (Fsp3) is 0.0545. The van der Waals surface area contributed by atoms with Crippen molar-refractivity contribution in [2.24, 2.45) is 0 Å². The van der Waals surface area contributed by atoms with Crippen molar-refractivity contribution >= 4 is 197 Å². The average Bonchev–Trinajstić information content (AvgIpc) is 1.59. The fourth-order valence-electron chi connectivity index (χ4n) is 17.8. The van der Waals surface area contributed by atoms with Gasteiger partial charge in [0.15, 0.2) is 0 Å². The zero-order chi connectivity index (χ0) is 83.1. The molecule has 0 N–H and O–H groups in total. The molecule has 0 amide bonds. The maximum Gasteiger partial charge on any atom is 0.494 e. The summed E-state index contributed by atoms with van der Waals surface area (Å²) in [4.78, 5) is 10.5. The molecule has 0 atom stereocenters. The van der Waals surface area contributed by atoms with Crippen LogP contribution in [0.25, 0.3) is 218 Å². The minimum atomic E-state index is -0.334. The van der Waals surface area contributed by atoms with Crippen LogP contribution in [-0.4, -0.2) is 37.4 Å². The van der Waals surface area contributed by atoms with Gasteiger partial charge in [0, 0.05) is 96.4 Å². The highest BCUT2D eigenvalue weighted by Crippen LogP contribution is 2.47. The minimum absolute atomic E-state index is 0.330. The molecule has 0 unspecified atom stereocenters. The number of halogens is 2. The molecule has 124 heavy (non-hydrogen) atoms. The Morgan fingerprint density at radius 1 is 0.266 bits per heavy atom. The van der Waals surface area contributed by atoms with Gasteiger partial charge in [-0.3, -0.25) is 0 Å². The second kappa shape index (κ2) is 30.2. The number of hydrogen-bond acceptors (Lipinski definition) is 9. The van der Waals surface area contributed by atoms with E-state index in [1.54, 1.807) is 22.7 Å². The van der Waals surface area contributed by atoms with Gasteiger partial charge in [0.2, 0.25) is 0 Å². The highest BCUT2D eigenvalue weighted by Gasteiger charge is 2.51. The van der Waals surface area contributed by atoms with Gasteiger partial charge in [-0.05, 0) is 249 Å². The van der Waals surface area contributed by atoms with Crippen LogP contribution in [0.3, 0.4) is 0 Å². The van der Waals surface area contributed by atoms with Crippen LogP contribution in [0.4, 0.5) is 0 Å². The van der Waals surface area contributed by atoms with Crippen LogP contribution < -0.4 is 5.46 Å². The number of benzene rings is 17. The molecule has 0 radical (unpaired) electrons. The minimum Gasteiger partial charge on any atom is -0.456 e. The van der Waals surface area contributed by atoms with E-state index in [0.29, 0.717) is 0 Å². The zero-order valence-electron chi connectivity index (χ0n) is 67.7. The quantitative estimate of drug-likeness (QED) is 0.126. The van der Waals surface area contributed by atoms with Crippen molar-refractivity contribution in [2.45, 2.75) is 38.9 Å². The van der Waals surface area contributed by atoms with Crippen molar-refractivity contribution in [3.8, 4) is 88.2 Å². The van der Waals surface area contributed by atoms with Crippen molar-refractivity contribution in [3.05, 3.63) is 379 Å². The molecular formula is C110H73BBr2N4O5S2. The van der Waals surface area contributed by atoms with E-state index in [9.17, 15) is 0 Å². The molecule has 9 nitrogen and oxygen atoms in total. The Bertz CT molecular complexity index is 8100. The molecule has 0 aliphatic carbocycles. The Balaban J connectivity index is 0.000000126. The number of furan rings is 3. The average molecular weight is 1770 g/mol. The summed E-state index contributed by atoms with van der Waals surface area (Å²) in [6, 6.07) is 131. The summed E-state index contributed by atoms with van der Waals surface area (Å²) in [5.41, 5.74) is 28.7. The molecule has 0 bridgehead atoms. The summed E-state index contributed by atoms with van der Waals surface area (Å²) in [6.45, 7) is 8.30. The first kappa shape index (κ1) is 75.4. The lowest BCUT2D eigenvalue weighted by Crippen LogP contribution is -2.41. The predicted molar refractivity (Wildman–Crippen MR) is 525 cm³/mol. The van der Waals surface area contributed by atoms with E-state index in [1.165, 1.54) is 60.4 Å². The van der Waals surface area contributed by atoms with Crippen molar-refractivity contribution in [3.63, 3.8) is 0 Å². The molecule has 24 aromatic rings. The van der Waals surface area contributed by atoms with Crippen molar-refractivity contribution < 1.29 is 22.6 Å². The second-order valence-electron chi connectivity index (χ2n) is 32.7. The molecule has 1 aliphatic rings. The van der Waals surface area contributed by atoms with E-state index in [0.717, 1.165) is 172 Å². The van der Waals surface area contributed by atoms with Crippen molar-refractivity contribution in [2.75, 3.05) is 0 Å². The van der Waals surface area contributed by atoms with Crippen LogP contribution in [0, 0.1) is 0 Å². The highest BCUT2D eigenvalue weighted by atomic mass is 79.9. The van der Waals surface area contributed by atoms with E-state index in [2.05, 4.69) is 384 Å². The van der Waals surface area contributed by atoms with Gasteiger partial charge < -0.3 is 31.7 Å². The molecule has 1 saturated heterocycles. The third-order valence-electron chi connectivity index (χ3n) is 24.8. The molecule has 1 fully saturated rings. The molecule has 14 heteroatoms. The monoisotopic (exact) mass is 1760 g/mol. The molecule has 1 aliphatic heterocycles. The predicted octanol–water partition coefficient (Wildman–Crippen LogP) is 31.7. The first-order chi connectivity index (χ1) is 60.7. The summed E-state index contributed by atoms with van der Waals surface area (Å²) in [5, 5.41) is 13.8. The van der Waals surface area contributed by atoms with Crippen LogP contribution in [0.15, 0.2) is 392 Å². The van der Waals surface area contributed by atoms with Gasteiger partial charge in [0.1, 0.15) is 43.5 Å². The SMILES string of the molecule is Brc1ccc(Br)c2sc(-c3ccc4c(c3)c3ccccc3n4-c3ccccc3)nc12.CC1(C)OB(c2ccc(-c3ccc4oc5ccccc5c4c3)cc2)OC1(C)C.c1ccc(-n2c3ccccc3c3cc(-c4nc5c(-c6ccc(-c7ccc8oc9ccccc9c8c7)cc6)ccc(-c6ccc(-c7ccc8oc9ccccc9c8c7)cc6)c5s4)ccc32)cc1. The van der Waals surface area contributed by atoms with Gasteiger partial charge in [-0.2, -0.15) is 0 Å². The second-order valence-corrected chi connectivity index (χ2v) is 36.4.